The van der Waals surface area contributed by atoms with E-state index in [0.717, 1.165) is 35.4 Å². The van der Waals surface area contributed by atoms with Gasteiger partial charge < -0.3 is 15.3 Å². The van der Waals surface area contributed by atoms with E-state index in [-0.39, 0.29) is 11.8 Å². The Bertz CT molecular complexity index is 1110. The van der Waals surface area contributed by atoms with Gasteiger partial charge in [0.2, 0.25) is 0 Å². The van der Waals surface area contributed by atoms with Crippen molar-refractivity contribution in [1.29, 1.82) is 0 Å². The highest BCUT2D eigenvalue weighted by atomic mass is 16.3. The van der Waals surface area contributed by atoms with Crippen LogP contribution in [0.2, 0.25) is 0 Å². The second-order valence-electron chi connectivity index (χ2n) is 7.13. The van der Waals surface area contributed by atoms with Crippen molar-refractivity contribution in [3.63, 3.8) is 0 Å². The van der Waals surface area contributed by atoms with Crippen molar-refractivity contribution >= 4 is 22.4 Å². The Morgan fingerprint density at radius 2 is 1.63 bits per heavy atom. The van der Waals surface area contributed by atoms with Gasteiger partial charge in [0.1, 0.15) is 17.1 Å². The van der Waals surface area contributed by atoms with Crippen LogP contribution >= 0.6 is 0 Å². The Balaban J connectivity index is 1.78. The first-order chi connectivity index (χ1) is 14.7. The molecule has 0 spiro atoms. The molecule has 2 aromatic heterocycles. The number of rotatable bonds is 7. The number of phenolic OH excluding ortho intramolecular Hbond substituents is 1. The first-order valence-corrected chi connectivity index (χ1v) is 10.3. The number of hydrogen-bond donors (Lipinski definition) is 2. The lowest BCUT2D eigenvalue weighted by atomic mass is 9.96. The SMILES string of the molecule is CCN(CC)c1ccc([C@H](Nc2ccccn2)c2ccc3cccnc3c2O)cc1. The normalized spacial score (nSPS) is 11.9. The van der Waals surface area contributed by atoms with Gasteiger partial charge in [0.25, 0.3) is 0 Å². The fourth-order valence-electron chi connectivity index (χ4n) is 3.78. The molecule has 30 heavy (non-hydrogen) atoms. The minimum Gasteiger partial charge on any atom is -0.505 e. The van der Waals surface area contributed by atoms with E-state index in [0.29, 0.717) is 5.52 Å². The van der Waals surface area contributed by atoms with Gasteiger partial charge in [-0.2, -0.15) is 0 Å². The van der Waals surface area contributed by atoms with Crippen LogP contribution in [0.25, 0.3) is 10.9 Å². The van der Waals surface area contributed by atoms with Gasteiger partial charge in [-0.15, -0.1) is 0 Å². The summed E-state index contributed by atoms with van der Waals surface area (Å²) < 4.78 is 0. The van der Waals surface area contributed by atoms with Crippen molar-refractivity contribution in [2.75, 3.05) is 23.3 Å². The molecule has 0 amide bonds. The van der Waals surface area contributed by atoms with Crippen molar-refractivity contribution < 1.29 is 5.11 Å². The number of benzene rings is 2. The number of hydrogen-bond acceptors (Lipinski definition) is 5. The van der Waals surface area contributed by atoms with E-state index in [1.165, 1.54) is 5.69 Å². The number of nitrogens with one attached hydrogen (secondary N) is 1. The summed E-state index contributed by atoms with van der Waals surface area (Å²) in [6, 6.07) is 21.7. The van der Waals surface area contributed by atoms with Crippen molar-refractivity contribution in [3.8, 4) is 5.75 Å². The van der Waals surface area contributed by atoms with Gasteiger partial charge >= 0.3 is 0 Å². The van der Waals surface area contributed by atoms with E-state index in [1.54, 1.807) is 12.4 Å². The van der Waals surface area contributed by atoms with Crippen LogP contribution in [0.4, 0.5) is 11.5 Å². The molecule has 152 valence electrons. The highest BCUT2D eigenvalue weighted by Gasteiger charge is 2.20. The quantitative estimate of drug-likeness (QED) is 0.437. The summed E-state index contributed by atoms with van der Waals surface area (Å²) >= 11 is 0. The molecule has 0 radical (unpaired) electrons. The standard InChI is InChI=1S/C25H26N4O/c1-3-29(4-2)20-13-10-19(11-14-20)23(28-22-9-5-6-16-26-22)21-15-12-18-8-7-17-27-24(18)25(21)30/h5-17,23,30H,3-4H2,1-2H3,(H,26,28)/t23-/m0/s1. The molecule has 0 bridgehead atoms. The smallest absolute Gasteiger partial charge is 0.147 e. The Hall–Kier alpha value is -3.60. The predicted molar refractivity (Wildman–Crippen MR) is 123 cm³/mol. The molecule has 4 aromatic rings. The maximum atomic E-state index is 11.0. The largest absolute Gasteiger partial charge is 0.505 e. The zero-order chi connectivity index (χ0) is 20.9. The first-order valence-electron chi connectivity index (χ1n) is 10.3. The summed E-state index contributed by atoms with van der Waals surface area (Å²) in [5.74, 6) is 0.935. The third-order valence-corrected chi connectivity index (χ3v) is 5.40. The molecule has 0 aliphatic rings. The van der Waals surface area contributed by atoms with Gasteiger partial charge in [-0.25, -0.2) is 4.98 Å². The number of anilines is 2. The molecule has 0 saturated carbocycles. The number of pyridine rings is 2. The number of fused-ring (bicyclic) bond motifs is 1. The van der Waals surface area contributed by atoms with Crippen LogP contribution < -0.4 is 10.2 Å². The van der Waals surface area contributed by atoms with E-state index in [2.05, 4.69) is 58.3 Å². The van der Waals surface area contributed by atoms with Crippen LogP contribution in [0.1, 0.15) is 31.0 Å². The summed E-state index contributed by atoms with van der Waals surface area (Å²) in [6.45, 7) is 6.23. The maximum absolute atomic E-state index is 11.0. The molecule has 0 unspecified atom stereocenters. The van der Waals surface area contributed by atoms with Crippen LogP contribution in [0, 0.1) is 0 Å². The summed E-state index contributed by atoms with van der Waals surface area (Å²) in [6.07, 6.45) is 3.45. The van der Waals surface area contributed by atoms with Crippen LogP contribution in [0.5, 0.6) is 5.75 Å². The van der Waals surface area contributed by atoms with Crippen LogP contribution in [0.3, 0.4) is 0 Å². The van der Waals surface area contributed by atoms with E-state index < -0.39 is 0 Å². The lowest BCUT2D eigenvalue weighted by Crippen LogP contribution is -2.21. The fourth-order valence-corrected chi connectivity index (χ4v) is 3.78. The van der Waals surface area contributed by atoms with Crippen molar-refractivity contribution in [2.45, 2.75) is 19.9 Å². The van der Waals surface area contributed by atoms with Crippen molar-refractivity contribution in [1.82, 2.24) is 9.97 Å². The van der Waals surface area contributed by atoms with Gasteiger partial charge in [-0.1, -0.05) is 36.4 Å². The number of phenols is 1. The Morgan fingerprint density at radius 3 is 2.33 bits per heavy atom. The maximum Gasteiger partial charge on any atom is 0.147 e. The lowest BCUT2D eigenvalue weighted by Gasteiger charge is -2.24. The van der Waals surface area contributed by atoms with E-state index in [4.69, 9.17) is 0 Å². The van der Waals surface area contributed by atoms with E-state index >= 15 is 0 Å². The van der Waals surface area contributed by atoms with Crippen LogP contribution in [-0.4, -0.2) is 28.2 Å². The minimum atomic E-state index is -0.267. The molecule has 0 aliphatic heterocycles. The van der Waals surface area contributed by atoms with Crippen LogP contribution in [-0.2, 0) is 0 Å². The topological polar surface area (TPSA) is 61.3 Å². The summed E-state index contributed by atoms with van der Waals surface area (Å²) in [5.41, 5.74) is 3.59. The average molecular weight is 399 g/mol. The molecule has 0 saturated heterocycles. The third-order valence-electron chi connectivity index (χ3n) is 5.40. The van der Waals surface area contributed by atoms with Gasteiger partial charge in [0, 0.05) is 42.1 Å². The Kier molecular flexibility index (Phi) is 5.80. The van der Waals surface area contributed by atoms with Gasteiger partial charge in [0.15, 0.2) is 0 Å². The highest BCUT2D eigenvalue weighted by Crippen LogP contribution is 2.36. The first kappa shape index (κ1) is 19.7. The molecule has 4 rings (SSSR count). The average Bonchev–Trinajstić information content (AvgIpc) is 2.80. The summed E-state index contributed by atoms with van der Waals surface area (Å²) in [4.78, 5) is 11.1. The van der Waals surface area contributed by atoms with Gasteiger partial charge in [-0.05, 0) is 49.7 Å². The van der Waals surface area contributed by atoms with Gasteiger partial charge in [-0.3, -0.25) is 4.98 Å². The fraction of sp³-hybridized carbons (Fsp3) is 0.200. The second-order valence-corrected chi connectivity index (χ2v) is 7.13. The zero-order valence-electron chi connectivity index (χ0n) is 17.3. The van der Waals surface area contributed by atoms with E-state index in [9.17, 15) is 5.11 Å². The monoisotopic (exact) mass is 398 g/mol. The minimum absolute atomic E-state index is 0.189. The molecule has 2 aromatic carbocycles. The van der Waals surface area contributed by atoms with E-state index in [1.807, 2.05) is 42.5 Å². The molecular formula is C25H26N4O. The highest BCUT2D eigenvalue weighted by molar-refractivity contribution is 5.86. The number of nitrogens with zero attached hydrogens (tertiary/aromatic N) is 3. The predicted octanol–water partition coefficient (Wildman–Crippen LogP) is 5.38. The third kappa shape index (κ3) is 3.92. The van der Waals surface area contributed by atoms with Gasteiger partial charge in [0.05, 0.1) is 6.04 Å². The number of aromatic hydroxyl groups is 1. The molecule has 1 atom stereocenters. The second kappa shape index (κ2) is 8.82. The summed E-state index contributed by atoms with van der Waals surface area (Å²) in [5, 5.41) is 15.4. The molecule has 2 N–H and O–H groups in total. The molecule has 0 aliphatic carbocycles. The Labute approximate surface area is 177 Å². The van der Waals surface area contributed by atoms with Crippen molar-refractivity contribution in [2.24, 2.45) is 0 Å². The molecule has 2 heterocycles. The summed E-state index contributed by atoms with van der Waals surface area (Å²) in [7, 11) is 0. The molecule has 0 fully saturated rings. The zero-order valence-corrected chi connectivity index (χ0v) is 17.3. The molecular weight excluding hydrogens is 372 g/mol. The Morgan fingerprint density at radius 1 is 0.867 bits per heavy atom. The lowest BCUT2D eigenvalue weighted by molar-refractivity contribution is 0.471. The molecule has 5 heteroatoms. The van der Waals surface area contributed by atoms with Crippen LogP contribution in [0.15, 0.2) is 79.1 Å². The number of aromatic nitrogens is 2. The van der Waals surface area contributed by atoms with Crippen molar-refractivity contribution in [3.05, 3.63) is 90.3 Å². The molecule has 5 nitrogen and oxygen atoms in total.